The minimum absolute atomic E-state index is 0.194. The zero-order chi connectivity index (χ0) is 22.2. The van der Waals surface area contributed by atoms with Gasteiger partial charge in [-0.2, -0.15) is 5.10 Å². The lowest BCUT2D eigenvalue weighted by Gasteiger charge is -2.25. The third-order valence-corrected chi connectivity index (χ3v) is 5.89. The van der Waals surface area contributed by atoms with E-state index in [1.165, 1.54) is 25.3 Å². The van der Waals surface area contributed by atoms with Crippen LogP contribution in [0.25, 0.3) is 10.9 Å². The molecular weight excluding hydrogens is 394 g/mol. The number of fused-ring (bicyclic) bond motifs is 1. The van der Waals surface area contributed by atoms with Gasteiger partial charge in [-0.05, 0) is 64.5 Å². The summed E-state index contributed by atoms with van der Waals surface area (Å²) in [6.45, 7) is 6.86. The van der Waals surface area contributed by atoms with Crippen LogP contribution in [0.3, 0.4) is 0 Å². The van der Waals surface area contributed by atoms with Crippen LogP contribution in [0, 0.1) is 5.41 Å². The van der Waals surface area contributed by atoms with Crippen LogP contribution in [0.15, 0.2) is 18.2 Å². The second-order valence-electron chi connectivity index (χ2n) is 9.85. The molecule has 0 radical (unpaired) electrons. The Hall–Kier alpha value is -2.41. The van der Waals surface area contributed by atoms with Crippen LogP contribution in [0.1, 0.15) is 76.5 Å². The van der Waals surface area contributed by atoms with Crippen molar-refractivity contribution in [2.45, 2.75) is 84.3 Å². The molecule has 0 unspecified atom stereocenters. The van der Waals surface area contributed by atoms with Crippen LogP contribution in [0.2, 0.25) is 0 Å². The summed E-state index contributed by atoms with van der Waals surface area (Å²) in [4.78, 5) is 29.7. The number of hydrogen-bond acceptors (Lipinski definition) is 6. The standard InChI is InChI=1S/C24H33N3O4/c1-24(2,3)23(29)31-27(18-10-11-18)15-16-7-12-19-20(14-16)26(13-5-6-21(28)30-4)25-22(19)17-8-9-17/h7,12,14,17-18H,5-6,8-11,13,15H2,1-4H3. The van der Waals surface area contributed by atoms with Crippen LogP contribution < -0.4 is 0 Å². The van der Waals surface area contributed by atoms with Crippen molar-refractivity contribution in [3.8, 4) is 0 Å². The van der Waals surface area contributed by atoms with Crippen molar-refractivity contribution in [2.75, 3.05) is 7.11 Å². The highest BCUT2D eigenvalue weighted by Crippen LogP contribution is 2.42. The van der Waals surface area contributed by atoms with Crippen molar-refractivity contribution >= 4 is 22.8 Å². The molecule has 168 valence electrons. The molecule has 7 heteroatoms. The number of esters is 1. The Morgan fingerprint density at radius 2 is 1.94 bits per heavy atom. The van der Waals surface area contributed by atoms with Crippen LogP contribution in [0.5, 0.6) is 0 Å². The summed E-state index contributed by atoms with van der Waals surface area (Å²) in [5.74, 6) is 0.149. The fraction of sp³-hybridized carbons (Fsp3) is 0.625. The monoisotopic (exact) mass is 427 g/mol. The number of carbonyl (C=O) groups excluding carboxylic acids is 2. The van der Waals surface area contributed by atoms with Gasteiger partial charge in [-0.1, -0.05) is 12.1 Å². The van der Waals surface area contributed by atoms with Gasteiger partial charge >= 0.3 is 11.9 Å². The molecule has 2 fully saturated rings. The lowest BCUT2D eigenvalue weighted by atomic mass is 9.98. The van der Waals surface area contributed by atoms with E-state index in [4.69, 9.17) is 14.7 Å². The van der Waals surface area contributed by atoms with Crippen molar-refractivity contribution in [3.05, 3.63) is 29.5 Å². The highest BCUT2D eigenvalue weighted by Gasteiger charge is 2.35. The molecule has 2 saturated carbocycles. The van der Waals surface area contributed by atoms with Gasteiger partial charge in [0.1, 0.15) is 0 Å². The molecule has 31 heavy (non-hydrogen) atoms. The smallest absolute Gasteiger partial charge is 0.330 e. The average molecular weight is 428 g/mol. The number of ether oxygens (including phenoxy) is 1. The molecule has 0 aliphatic heterocycles. The van der Waals surface area contributed by atoms with E-state index in [0.717, 1.165) is 29.6 Å². The number of nitrogens with zero attached hydrogens (tertiary/aromatic N) is 3. The number of hydrogen-bond donors (Lipinski definition) is 0. The average Bonchev–Trinajstić information content (AvgIpc) is 3.64. The zero-order valence-electron chi connectivity index (χ0n) is 19.0. The quantitative estimate of drug-likeness (QED) is 0.438. The van der Waals surface area contributed by atoms with E-state index < -0.39 is 5.41 Å². The summed E-state index contributed by atoms with van der Waals surface area (Å²) in [6, 6.07) is 6.73. The predicted molar refractivity (Wildman–Crippen MR) is 117 cm³/mol. The Labute approximate surface area is 183 Å². The van der Waals surface area contributed by atoms with E-state index in [1.807, 2.05) is 30.5 Å². The third-order valence-electron chi connectivity index (χ3n) is 5.89. The molecule has 0 amide bonds. The van der Waals surface area contributed by atoms with E-state index in [9.17, 15) is 9.59 Å². The molecular formula is C24H33N3O4. The first-order chi connectivity index (χ1) is 14.8. The first-order valence-electron chi connectivity index (χ1n) is 11.3. The number of methoxy groups -OCH3 is 1. The first kappa shape index (κ1) is 21.8. The van der Waals surface area contributed by atoms with E-state index >= 15 is 0 Å². The molecule has 4 rings (SSSR count). The normalized spacial score (nSPS) is 16.7. The molecule has 0 N–H and O–H groups in total. The van der Waals surface area contributed by atoms with E-state index in [1.54, 1.807) is 0 Å². The molecule has 0 atom stereocenters. The van der Waals surface area contributed by atoms with Crippen LogP contribution in [-0.2, 0) is 32.3 Å². The predicted octanol–water partition coefficient (Wildman–Crippen LogP) is 4.34. The molecule has 2 aromatic rings. The van der Waals surface area contributed by atoms with Crippen LogP contribution in [-0.4, -0.2) is 39.9 Å². The summed E-state index contributed by atoms with van der Waals surface area (Å²) in [6.07, 6.45) is 5.56. The number of benzene rings is 1. The second kappa shape index (κ2) is 8.61. The van der Waals surface area contributed by atoms with Gasteiger partial charge in [0.2, 0.25) is 0 Å². The maximum atomic E-state index is 12.4. The van der Waals surface area contributed by atoms with Gasteiger partial charge in [0.25, 0.3) is 0 Å². The Balaban J connectivity index is 1.54. The van der Waals surface area contributed by atoms with Gasteiger partial charge in [-0.25, -0.2) is 4.79 Å². The fourth-order valence-corrected chi connectivity index (χ4v) is 3.67. The van der Waals surface area contributed by atoms with Crippen molar-refractivity contribution in [2.24, 2.45) is 5.41 Å². The first-order valence-corrected chi connectivity index (χ1v) is 11.3. The van der Waals surface area contributed by atoms with E-state index in [0.29, 0.717) is 37.9 Å². The summed E-state index contributed by atoms with van der Waals surface area (Å²) in [7, 11) is 1.42. The van der Waals surface area contributed by atoms with E-state index in [2.05, 4.69) is 18.2 Å². The Bertz CT molecular complexity index is 967. The largest absolute Gasteiger partial charge is 0.469 e. The molecule has 0 spiro atoms. The molecule has 0 saturated heterocycles. The van der Waals surface area contributed by atoms with Gasteiger partial charge < -0.3 is 9.57 Å². The lowest BCUT2D eigenvalue weighted by Crippen LogP contribution is -2.34. The van der Waals surface area contributed by atoms with E-state index in [-0.39, 0.29) is 11.9 Å². The SMILES string of the molecule is COC(=O)CCCn1nc(C2CC2)c2ccc(CN(OC(=O)C(C)(C)C)C3CC3)cc21. The van der Waals surface area contributed by atoms with Crippen molar-refractivity contribution in [3.63, 3.8) is 0 Å². The van der Waals surface area contributed by atoms with Gasteiger partial charge in [0.15, 0.2) is 0 Å². The Morgan fingerprint density at radius 1 is 1.19 bits per heavy atom. The van der Waals surface area contributed by atoms with Crippen LogP contribution >= 0.6 is 0 Å². The summed E-state index contributed by atoms with van der Waals surface area (Å²) in [5.41, 5.74) is 2.81. The molecule has 7 nitrogen and oxygen atoms in total. The Morgan fingerprint density at radius 3 is 2.55 bits per heavy atom. The van der Waals surface area contributed by atoms with Gasteiger partial charge in [-0.3, -0.25) is 9.48 Å². The molecule has 1 aromatic carbocycles. The molecule has 2 aliphatic carbocycles. The summed E-state index contributed by atoms with van der Waals surface area (Å²) < 4.78 is 6.79. The minimum atomic E-state index is -0.533. The molecule has 1 heterocycles. The number of rotatable bonds is 9. The molecule has 2 aliphatic rings. The van der Waals surface area contributed by atoms with Gasteiger partial charge in [0, 0.05) is 30.3 Å². The third kappa shape index (κ3) is 5.26. The molecule has 1 aromatic heterocycles. The minimum Gasteiger partial charge on any atom is -0.469 e. The Kier molecular flexibility index (Phi) is 6.06. The summed E-state index contributed by atoms with van der Waals surface area (Å²) in [5, 5.41) is 7.92. The highest BCUT2D eigenvalue weighted by molar-refractivity contribution is 5.83. The van der Waals surface area contributed by atoms with Gasteiger partial charge in [-0.15, -0.1) is 5.06 Å². The van der Waals surface area contributed by atoms with Crippen molar-refractivity contribution in [1.29, 1.82) is 0 Å². The lowest BCUT2D eigenvalue weighted by molar-refractivity contribution is -0.206. The summed E-state index contributed by atoms with van der Waals surface area (Å²) >= 11 is 0. The van der Waals surface area contributed by atoms with Crippen molar-refractivity contribution < 1.29 is 19.2 Å². The maximum Gasteiger partial charge on any atom is 0.330 e. The zero-order valence-corrected chi connectivity index (χ0v) is 19.0. The maximum absolute atomic E-state index is 12.4. The highest BCUT2D eigenvalue weighted by atomic mass is 16.7. The number of hydroxylamine groups is 2. The topological polar surface area (TPSA) is 73.7 Å². The fourth-order valence-electron chi connectivity index (χ4n) is 3.67. The number of aryl methyl sites for hydroxylation is 1. The van der Waals surface area contributed by atoms with Crippen LogP contribution in [0.4, 0.5) is 0 Å². The van der Waals surface area contributed by atoms with Gasteiger partial charge in [0.05, 0.1) is 30.3 Å². The second-order valence-corrected chi connectivity index (χ2v) is 9.85. The number of aromatic nitrogens is 2. The van der Waals surface area contributed by atoms with Crippen molar-refractivity contribution in [1.82, 2.24) is 14.8 Å². The number of carbonyl (C=O) groups is 2. The molecule has 0 bridgehead atoms.